The van der Waals surface area contributed by atoms with Gasteiger partial charge in [0.1, 0.15) is 11.5 Å². The van der Waals surface area contributed by atoms with Crippen LogP contribution in [0.2, 0.25) is 0 Å². The Morgan fingerprint density at radius 1 is 0.972 bits per heavy atom. The Bertz CT molecular complexity index is 1070. The molecule has 0 radical (unpaired) electrons. The van der Waals surface area contributed by atoms with Gasteiger partial charge in [0.25, 0.3) is 0 Å². The van der Waals surface area contributed by atoms with Crippen LogP contribution >= 0.6 is 0 Å². The van der Waals surface area contributed by atoms with Gasteiger partial charge >= 0.3 is 0 Å². The van der Waals surface area contributed by atoms with Crippen LogP contribution in [0.1, 0.15) is 45.9 Å². The van der Waals surface area contributed by atoms with Gasteiger partial charge in [-0.25, -0.2) is 4.68 Å². The molecule has 0 aliphatic heterocycles. The molecule has 0 saturated heterocycles. The van der Waals surface area contributed by atoms with Crippen molar-refractivity contribution in [3.05, 3.63) is 65.9 Å². The summed E-state index contributed by atoms with van der Waals surface area (Å²) in [5.41, 5.74) is 2.50. The highest BCUT2D eigenvalue weighted by atomic mass is 16.5. The minimum absolute atomic E-state index is 0.287. The van der Waals surface area contributed by atoms with Crippen LogP contribution in [0.5, 0.6) is 17.4 Å². The Hall–Kier alpha value is -2.87. The molecule has 0 amide bonds. The molecule has 7 heteroatoms. The van der Waals surface area contributed by atoms with E-state index >= 15 is 0 Å². The van der Waals surface area contributed by atoms with E-state index in [1.165, 1.54) is 0 Å². The average Bonchev–Trinajstić information content (AvgIpc) is 3.13. The number of methoxy groups -OCH3 is 1. The molecule has 0 saturated carbocycles. The molecule has 196 valence electrons. The molecule has 7 nitrogen and oxygen atoms in total. The number of benzene rings is 2. The molecule has 0 spiro atoms. The Labute approximate surface area is 215 Å². The predicted molar refractivity (Wildman–Crippen MR) is 143 cm³/mol. The topological polar surface area (TPSA) is 69.0 Å². The molecule has 0 bridgehead atoms. The molecule has 1 atom stereocenters. The number of aliphatic hydroxyl groups is 1. The van der Waals surface area contributed by atoms with Gasteiger partial charge in [0, 0.05) is 19.6 Å². The highest BCUT2D eigenvalue weighted by Crippen LogP contribution is 2.32. The van der Waals surface area contributed by atoms with E-state index in [1.807, 2.05) is 87.0 Å². The number of hydrogen-bond acceptors (Lipinski definition) is 6. The van der Waals surface area contributed by atoms with Gasteiger partial charge < -0.3 is 19.3 Å². The molecule has 1 heterocycles. The van der Waals surface area contributed by atoms with Crippen LogP contribution in [0.25, 0.3) is 5.69 Å². The van der Waals surface area contributed by atoms with E-state index in [4.69, 9.17) is 19.3 Å². The standard InChI is InChI=1S/C29H41N3O4/c1-21(2)17-31(18-24(33)20-35-29(4,5)6)19-27-22(3)30-32(23-11-9-8-10-12-23)28(27)36-26-15-13-25(34-7)14-16-26/h8-16,21,24,33H,17-20H2,1-7H3/t24-/m0/s1. The molecule has 0 aliphatic carbocycles. The van der Waals surface area contributed by atoms with Crippen molar-refractivity contribution in [1.82, 2.24) is 14.7 Å². The second-order valence-electron chi connectivity index (χ2n) is 10.6. The summed E-state index contributed by atoms with van der Waals surface area (Å²) in [5.74, 6) is 2.56. The number of para-hydroxylation sites is 1. The Balaban J connectivity index is 1.93. The minimum Gasteiger partial charge on any atom is -0.497 e. The largest absolute Gasteiger partial charge is 0.497 e. The molecular formula is C29H41N3O4. The van der Waals surface area contributed by atoms with E-state index < -0.39 is 6.10 Å². The lowest BCUT2D eigenvalue weighted by Crippen LogP contribution is -2.38. The van der Waals surface area contributed by atoms with Crippen LogP contribution in [0, 0.1) is 12.8 Å². The first-order valence-electron chi connectivity index (χ1n) is 12.6. The maximum Gasteiger partial charge on any atom is 0.227 e. The van der Waals surface area contributed by atoms with Gasteiger partial charge in [0.15, 0.2) is 0 Å². The van der Waals surface area contributed by atoms with Crippen molar-refractivity contribution >= 4 is 0 Å². The zero-order valence-corrected chi connectivity index (χ0v) is 22.7. The third-order valence-corrected chi connectivity index (χ3v) is 5.59. The average molecular weight is 496 g/mol. The molecule has 1 aromatic heterocycles. The second-order valence-corrected chi connectivity index (χ2v) is 10.6. The van der Waals surface area contributed by atoms with E-state index in [9.17, 15) is 5.11 Å². The summed E-state index contributed by atoms with van der Waals surface area (Å²) in [7, 11) is 1.64. The summed E-state index contributed by atoms with van der Waals surface area (Å²) >= 11 is 0. The van der Waals surface area contributed by atoms with Crippen molar-refractivity contribution in [2.24, 2.45) is 5.92 Å². The van der Waals surface area contributed by atoms with Crippen LogP contribution in [-0.2, 0) is 11.3 Å². The van der Waals surface area contributed by atoms with Crippen LogP contribution < -0.4 is 9.47 Å². The van der Waals surface area contributed by atoms with E-state index in [-0.39, 0.29) is 12.2 Å². The lowest BCUT2D eigenvalue weighted by molar-refractivity contribution is -0.0573. The van der Waals surface area contributed by atoms with Gasteiger partial charge in [-0.1, -0.05) is 32.0 Å². The zero-order chi connectivity index (χ0) is 26.3. The molecule has 1 N–H and O–H groups in total. The first-order chi connectivity index (χ1) is 17.1. The number of aryl methyl sites for hydroxylation is 1. The number of ether oxygens (including phenoxy) is 3. The Morgan fingerprint density at radius 2 is 1.61 bits per heavy atom. The summed E-state index contributed by atoms with van der Waals surface area (Å²) in [6.45, 7) is 14.5. The third kappa shape index (κ3) is 8.08. The summed E-state index contributed by atoms with van der Waals surface area (Å²) in [4.78, 5) is 2.25. The molecule has 0 unspecified atom stereocenters. The van der Waals surface area contributed by atoms with Gasteiger partial charge in [-0.05, 0) is 70.0 Å². The second kappa shape index (κ2) is 12.4. The lowest BCUT2D eigenvalue weighted by atomic mass is 10.1. The molecule has 3 rings (SSSR count). The van der Waals surface area contributed by atoms with Gasteiger partial charge in [-0.15, -0.1) is 0 Å². The first-order valence-corrected chi connectivity index (χ1v) is 12.6. The number of hydrogen-bond donors (Lipinski definition) is 1. The molecule has 0 aliphatic rings. The quantitative estimate of drug-likeness (QED) is 0.352. The summed E-state index contributed by atoms with van der Waals surface area (Å²) in [6, 6.07) is 17.5. The van der Waals surface area contributed by atoms with Gasteiger partial charge in [0.05, 0.1) is 42.4 Å². The summed E-state index contributed by atoms with van der Waals surface area (Å²) in [5, 5.41) is 15.6. The molecule has 0 fully saturated rings. The molecule has 3 aromatic rings. The summed E-state index contributed by atoms with van der Waals surface area (Å²) < 4.78 is 19.4. The smallest absolute Gasteiger partial charge is 0.227 e. The van der Waals surface area contributed by atoms with Crippen LogP contribution in [0.4, 0.5) is 0 Å². The Kier molecular flexibility index (Phi) is 9.54. The van der Waals surface area contributed by atoms with Gasteiger partial charge in [-0.3, -0.25) is 4.90 Å². The number of nitrogens with zero attached hydrogens (tertiary/aromatic N) is 3. The van der Waals surface area contributed by atoms with Gasteiger partial charge in [-0.2, -0.15) is 5.10 Å². The monoisotopic (exact) mass is 495 g/mol. The first kappa shape index (κ1) is 27.7. The van der Waals surface area contributed by atoms with Crippen molar-refractivity contribution in [3.63, 3.8) is 0 Å². The van der Waals surface area contributed by atoms with Crippen molar-refractivity contribution in [2.75, 3.05) is 26.8 Å². The fourth-order valence-electron chi connectivity index (χ4n) is 3.97. The molecule has 36 heavy (non-hydrogen) atoms. The van der Waals surface area contributed by atoms with E-state index in [2.05, 4.69) is 18.7 Å². The highest BCUT2D eigenvalue weighted by molar-refractivity contribution is 5.44. The third-order valence-electron chi connectivity index (χ3n) is 5.59. The van der Waals surface area contributed by atoms with E-state index in [0.29, 0.717) is 30.6 Å². The maximum absolute atomic E-state index is 10.7. The summed E-state index contributed by atoms with van der Waals surface area (Å²) in [6.07, 6.45) is -0.599. The maximum atomic E-state index is 10.7. The number of rotatable bonds is 12. The number of aromatic nitrogens is 2. The van der Waals surface area contributed by atoms with Gasteiger partial charge in [0.2, 0.25) is 5.88 Å². The van der Waals surface area contributed by atoms with Crippen LogP contribution in [-0.4, -0.2) is 58.3 Å². The van der Waals surface area contributed by atoms with Crippen LogP contribution in [0.3, 0.4) is 0 Å². The normalized spacial score (nSPS) is 12.8. The predicted octanol–water partition coefficient (Wildman–Crippen LogP) is 5.62. The lowest BCUT2D eigenvalue weighted by Gasteiger charge is -2.28. The van der Waals surface area contributed by atoms with Crippen molar-refractivity contribution in [2.45, 2.75) is 59.8 Å². The molecule has 2 aromatic carbocycles. The number of aliphatic hydroxyl groups excluding tert-OH is 1. The fourth-order valence-corrected chi connectivity index (χ4v) is 3.97. The Morgan fingerprint density at radius 3 is 2.19 bits per heavy atom. The van der Waals surface area contributed by atoms with Crippen molar-refractivity contribution < 1.29 is 19.3 Å². The van der Waals surface area contributed by atoms with Crippen LogP contribution in [0.15, 0.2) is 54.6 Å². The van der Waals surface area contributed by atoms with E-state index in [0.717, 1.165) is 29.2 Å². The van der Waals surface area contributed by atoms with Crippen molar-refractivity contribution in [3.8, 4) is 23.1 Å². The van der Waals surface area contributed by atoms with E-state index in [1.54, 1.807) is 7.11 Å². The fraction of sp³-hybridized carbons (Fsp3) is 0.483. The minimum atomic E-state index is -0.599. The highest BCUT2D eigenvalue weighted by Gasteiger charge is 2.24. The van der Waals surface area contributed by atoms with Crippen molar-refractivity contribution in [1.29, 1.82) is 0 Å². The molecular weight excluding hydrogens is 454 g/mol. The SMILES string of the molecule is COc1ccc(Oc2c(CN(CC(C)C)C[C@H](O)COC(C)(C)C)c(C)nn2-c2ccccc2)cc1. The zero-order valence-electron chi connectivity index (χ0n) is 22.7.